The molecule has 21 heavy (non-hydrogen) atoms. The maximum Gasteiger partial charge on any atom is 0.287 e. The molecular formula is C16H18FNO3. The fourth-order valence-corrected chi connectivity index (χ4v) is 2.96. The Labute approximate surface area is 121 Å². The molecule has 1 aliphatic carbocycles. The predicted octanol–water partition coefficient (Wildman–Crippen LogP) is 2.92. The highest BCUT2D eigenvalue weighted by atomic mass is 19.1. The summed E-state index contributed by atoms with van der Waals surface area (Å²) < 4.78 is 19.0. The Morgan fingerprint density at radius 2 is 2.14 bits per heavy atom. The van der Waals surface area contributed by atoms with Gasteiger partial charge in [0.1, 0.15) is 0 Å². The van der Waals surface area contributed by atoms with Crippen molar-refractivity contribution >= 4 is 16.9 Å². The highest BCUT2D eigenvalue weighted by Crippen LogP contribution is 2.30. The van der Waals surface area contributed by atoms with Crippen LogP contribution in [0.2, 0.25) is 0 Å². The summed E-state index contributed by atoms with van der Waals surface area (Å²) in [6, 6.07) is 4.61. The Kier molecular flexibility index (Phi) is 3.45. The summed E-state index contributed by atoms with van der Waals surface area (Å²) >= 11 is 0. The Hall–Kier alpha value is -1.88. The molecule has 1 amide bonds. The molecule has 2 aromatic rings. The lowest BCUT2D eigenvalue weighted by atomic mass is 10.0. The minimum atomic E-state index is -0.819. The molecule has 0 atom stereocenters. The number of para-hydroxylation sites is 1. The lowest BCUT2D eigenvalue weighted by Crippen LogP contribution is -2.40. The molecule has 1 aromatic carbocycles. The second-order valence-electron chi connectivity index (χ2n) is 5.79. The number of aryl methyl sites for hydroxylation is 1. The van der Waals surface area contributed by atoms with Crippen molar-refractivity contribution in [1.82, 2.24) is 5.32 Å². The number of rotatable bonds is 3. The van der Waals surface area contributed by atoms with E-state index in [2.05, 4.69) is 5.32 Å². The molecule has 1 fully saturated rings. The Morgan fingerprint density at radius 3 is 2.81 bits per heavy atom. The van der Waals surface area contributed by atoms with Crippen LogP contribution in [0.15, 0.2) is 22.6 Å². The average Bonchev–Trinajstić information content (AvgIpc) is 3.03. The van der Waals surface area contributed by atoms with Crippen molar-refractivity contribution in [3.63, 3.8) is 0 Å². The number of furan rings is 1. The van der Waals surface area contributed by atoms with Gasteiger partial charge in [-0.15, -0.1) is 0 Å². The molecule has 2 N–H and O–H groups in total. The number of benzene rings is 1. The molecule has 0 unspecified atom stereocenters. The largest absolute Gasteiger partial charge is 0.448 e. The molecule has 1 aliphatic rings. The highest BCUT2D eigenvalue weighted by Gasteiger charge is 2.32. The predicted molar refractivity (Wildman–Crippen MR) is 76.7 cm³/mol. The molecule has 0 radical (unpaired) electrons. The normalized spacial score (nSPS) is 17.3. The molecule has 0 saturated heterocycles. The van der Waals surface area contributed by atoms with Gasteiger partial charge in [0.2, 0.25) is 0 Å². The summed E-state index contributed by atoms with van der Waals surface area (Å²) in [4.78, 5) is 12.2. The molecule has 1 heterocycles. The first kappa shape index (κ1) is 14.1. The van der Waals surface area contributed by atoms with Gasteiger partial charge in [-0.1, -0.05) is 25.0 Å². The van der Waals surface area contributed by atoms with Crippen LogP contribution in [0.1, 0.15) is 41.8 Å². The Bertz CT molecular complexity index is 686. The first-order valence-electron chi connectivity index (χ1n) is 7.18. The summed E-state index contributed by atoms with van der Waals surface area (Å²) in [5.74, 6) is -0.788. The highest BCUT2D eigenvalue weighted by molar-refractivity contribution is 5.99. The van der Waals surface area contributed by atoms with Gasteiger partial charge in [-0.2, -0.15) is 0 Å². The van der Waals surface area contributed by atoms with Gasteiger partial charge in [0.05, 0.1) is 5.60 Å². The summed E-state index contributed by atoms with van der Waals surface area (Å²) in [7, 11) is 0. The maximum atomic E-state index is 13.7. The summed E-state index contributed by atoms with van der Waals surface area (Å²) in [5, 5.41) is 13.5. The molecule has 0 bridgehead atoms. The van der Waals surface area contributed by atoms with Crippen molar-refractivity contribution in [2.24, 2.45) is 0 Å². The van der Waals surface area contributed by atoms with Crippen LogP contribution in [-0.2, 0) is 0 Å². The summed E-state index contributed by atoms with van der Waals surface area (Å²) in [5.41, 5.74) is -0.110. The third-order valence-corrected chi connectivity index (χ3v) is 4.23. The van der Waals surface area contributed by atoms with Crippen LogP contribution < -0.4 is 5.32 Å². The molecule has 112 valence electrons. The second-order valence-corrected chi connectivity index (χ2v) is 5.79. The molecule has 1 saturated carbocycles. The number of amides is 1. The summed E-state index contributed by atoms with van der Waals surface area (Å²) in [6.07, 6.45) is 3.34. The van der Waals surface area contributed by atoms with Crippen molar-refractivity contribution in [1.29, 1.82) is 0 Å². The second kappa shape index (κ2) is 5.15. The molecular weight excluding hydrogens is 273 g/mol. The van der Waals surface area contributed by atoms with Gasteiger partial charge < -0.3 is 14.8 Å². The number of carbonyl (C=O) groups excluding carboxylic acids is 1. The molecule has 5 heteroatoms. The topological polar surface area (TPSA) is 62.5 Å². The van der Waals surface area contributed by atoms with Crippen molar-refractivity contribution in [3.05, 3.63) is 35.3 Å². The SMILES string of the molecule is Cc1c(C(=O)NCC2(O)CCCC2)oc2c(F)cccc12. The van der Waals surface area contributed by atoms with Crippen molar-refractivity contribution in [2.45, 2.75) is 38.2 Å². The van der Waals surface area contributed by atoms with Crippen LogP contribution in [0.25, 0.3) is 11.0 Å². The van der Waals surface area contributed by atoms with Gasteiger partial charge >= 0.3 is 0 Å². The van der Waals surface area contributed by atoms with E-state index in [4.69, 9.17) is 4.42 Å². The van der Waals surface area contributed by atoms with Crippen LogP contribution in [0.3, 0.4) is 0 Å². The monoisotopic (exact) mass is 291 g/mol. The lowest BCUT2D eigenvalue weighted by Gasteiger charge is -2.21. The minimum absolute atomic E-state index is 0.0970. The van der Waals surface area contributed by atoms with E-state index in [-0.39, 0.29) is 17.9 Å². The average molecular weight is 291 g/mol. The molecule has 1 aromatic heterocycles. The molecule has 4 nitrogen and oxygen atoms in total. The van der Waals surface area contributed by atoms with Crippen molar-refractivity contribution in [2.75, 3.05) is 6.54 Å². The van der Waals surface area contributed by atoms with E-state index >= 15 is 0 Å². The van der Waals surface area contributed by atoms with E-state index in [9.17, 15) is 14.3 Å². The maximum absolute atomic E-state index is 13.7. The van der Waals surface area contributed by atoms with Crippen LogP contribution in [0, 0.1) is 12.7 Å². The van der Waals surface area contributed by atoms with Crippen LogP contribution in [0.5, 0.6) is 0 Å². The third kappa shape index (κ3) is 2.53. The molecule has 0 aliphatic heterocycles. The fraction of sp³-hybridized carbons (Fsp3) is 0.438. The van der Waals surface area contributed by atoms with Crippen LogP contribution >= 0.6 is 0 Å². The van der Waals surface area contributed by atoms with Crippen molar-refractivity contribution in [3.8, 4) is 0 Å². The van der Waals surface area contributed by atoms with Gasteiger partial charge in [0.15, 0.2) is 17.2 Å². The summed E-state index contributed by atoms with van der Waals surface area (Å²) in [6.45, 7) is 1.93. The van der Waals surface area contributed by atoms with Gasteiger partial charge in [0, 0.05) is 17.5 Å². The van der Waals surface area contributed by atoms with E-state index in [1.54, 1.807) is 19.1 Å². The van der Waals surface area contributed by atoms with Gasteiger partial charge in [-0.05, 0) is 25.8 Å². The van der Waals surface area contributed by atoms with Crippen molar-refractivity contribution < 1.29 is 18.7 Å². The number of nitrogens with one attached hydrogen (secondary N) is 1. The fourth-order valence-electron chi connectivity index (χ4n) is 2.96. The van der Waals surface area contributed by atoms with Crippen LogP contribution in [-0.4, -0.2) is 23.2 Å². The van der Waals surface area contributed by atoms with E-state index in [1.807, 2.05) is 0 Å². The number of halogens is 1. The number of carbonyl (C=O) groups is 1. The van der Waals surface area contributed by atoms with E-state index in [0.29, 0.717) is 23.8 Å². The van der Waals surface area contributed by atoms with Gasteiger partial charge in [0.25, 0.3) is 5.91 Å². The van der Waals surface area contributed by atoms with Crippen LogP contribution in [0.4, 0.5) is 4.39 Å². The minimum Gasteiger partial charge on any atom is -0.448 e. The zero-order valence-electron chi connectivity index (χ0n) is 11.9. The number of hydrogen-bond donors (Lipinski definition) is 2. The third-order valence-electron chi connectivity index (χ3n) is 4.23. The molecule has 3 rings (SSSR count). The smallest absolute Gasteiger partial charge is 0.287 e. The number of hydrogen-bond acceptors (Lipinski definition) is 3. The zero-order valence-corrected chi connectivity index (χ0v) is 11.9. The van der Waals surface area contributed by atoms with E-state index in [1.165, 1.54) is 6.07 Å². The molecule has 0 spiro atoms. The van der Waals surface area contributed by atoms with E-state index < -0.39 is 17.3 Å². The Morgan fingerprint density at radius 1 is 1.43 bits per heavy atom. The first-order chi connectivity index (χ1) is 10.0. The number of fused-ring (bicyclic) bond motifs is 1. The first-order valence-corrected chi connectivity index (χ1v) is 7.18. The zero-order chi connectivity index (χ0) is 15.0. The van der Waals surface area contributed by atoms with E-state index in [0.717, 1.165) is 12.8 Å². The van der Waals surface area contributed by atoms with Gasteiger partial charge in [-0.25, -0.2) is 4.39 Å². The quantitative estimate of drug-likeness (QED) is 0.914. The standard InChI is InChI=1S/C16H18FNO3/c1-10-11-5-4-6-12(17)14(11)21-13(10)15(19)18-9-16(20)7-2-3-8-16/h4-6,20H,2-3,7-9H2,1H3,(H,18,19). The lowest BCUT2D eigenvalue weighted by molar-refractivity contribution is 0.0444. The number of aliphatic hydroxyl groups is 1. The Balaban J connectivity index is 1.81. The van der Waals surface area contributed by atoms with Gasteiger partial charge in [-0.3, -0.25) is 4.79 Å².